The van der Waals surface area contributed by atoms with Crippen LogP contribution in [-0.2, 0) is 9.59 Å². The molecule has 0 heterocycles. The summed E-state index contributed by atoms with van der Waals surface area (Å²) in [6.45, 7) is 1.60. The van der Waals surface area contributed by atoms with Crippen molar-refractivity contribution in [2.75, 3.05) is 16.8 Å². The van der Waals surface area contributed by atoms with Crippen molar-refractivity contribution in [3.8, 4) is 0 Å². The number of carbonyl (C=O) groups excluding carboxylic acids is 1. The van der Waals surface area contributed by atoms with Crippen LogP contribution in [-0.4, -0.2) is 28.5 Å². The molecule has 0 aromatic heterocycles. The number of anilines is 1. The summed E-state index contributed by atoms with van der Waals surface area (Å²) in [6.07, 6.45) is 0. The molecule has 0 bridgehead atoms. The Hall–Kier alpha value is -0.910. The van der Waals surface area contributed by atoms with Gasteiger partial charge in [0.2, 0.25) is 5.91 Å². The molecule has 1 atom stereocenters. The van der Waals surface area contributed by atoms with Crippen molar-refractivity contribution >= 4 is 52.5 Å². The number of amides is 1. The molecule has 7 heteroatoms. The second-order valence-corrected chi connectivity index (χ2v) is 5.80. The molecular weight excluding hydrogens is 309 g/mol. The van der Waals surface area contributed by atoms with Gasteiger partial charge in [0.05, 0.1) is 22.4 Å². The van der Waals surface area contributed by atoms with E-state index in [0.717, 1.165) is 0 Å². The first-order valence-corrected chi connectivity index (χ1v) is 7.36. The van der Waals surface area contributed by atoms with Gasteiger partial charge in [-0.15, -0.1) is 0 Å². The minimum atomic E-state index is -0.870. The Labute approximate surface area is 125 Å². The lowest BCUT2D eigenvalue weighted by Gasteiger charge is -2.08. The van der Waals surface area contributed by atoms with E-state index < -0.39 is 11.9 Å². The fraction of sp³-hybridized carbons (Fsp3) is 0.333. The molecule has 2 N–H and O–H groups in total. The molecule has 1 aromatic carbocycles. The van der Waals surface area contributed by atoms with Crippen LogP contribution < -0.4 is 5.32 Å². The number of benzene rings is 1. The lowest BCUT2D eigenvalue weighted by molar-refractivity contribution is -0.140. The van der Waals surface area contributed by atoms with E-state index in [1.54, 1.807) is 25.1 Å². The number of nitrogens with one attached hydrogen (secondary N) is 1. The zero-order valence-corrected chi connectivity index (χ0v) is 12.5. The van der Waals surface area contributed by atoms with E-state index in [2.05, 4.69) is 5.32 Å². The van der Waals surface area contributed by atoms with Crippen LogP contribution in [0.2, 0.25) is 10.0 Å². The maximum absolute atomic E-state index is 11.6. The van der Waals surface area contributed by atoms with Crippen LogP contribution in [0.25, 0.3) is 0 Å². The van der Waals surface area contributed by atoms with Crippen molar-refractivity contribution in [1.82, 2.24) is 0 Å². The molecule has 1 aromatic rings. The summed E-state index contributed by atoms with van der Waals surface area (Å²) >= 11 is 13.0. The fourth-order valence-electron chi connectivity index (χ4n) is 1.18. The smallest absolute Gasteiger partial charge is 0.307 e. The van der Waals surface area contributed by atoms with Crippen LogP contribution in [0.1, 0.15) is 6.92 Å². The SMILES string of the molecule is CC(CSCC(=O)Nc1cc(Cl)ccc1Cl)C(=O)O. The van der Waals surface area contributed by atoms with E-state index in [4.69, 9.17) is 28.3 Å². The number of carbonyl (C=O) groups is 2. The van der Waals surface area contributed by atoms with Gasteiger partial charge in [-0.05, 0) is 18.2 Å². The number of thioether (sulfide) groups is 1. The van der Waals surface area contributed by atoms with E-state index in [1.807, 2.05) is 0 Å². The number of carboxylic acid groups (broad SMARTS) is 1. The van der Waals surface area contributed by atoms with Crippen molar-refractivity contribution in [2.24, 2.45) is 5.92 Å². The van der Waals surface area contributed by atoms with Gasteiger partial charge < -0.3 is 10.4 Å². The maximum atomic E-state index is 11.6. The number of rotatable bonds is 6. The highest BCUT2D eigenvalue weighted by atomic mass is 35.5. The van der Waals surface area contributed by atoms with Crippen LogP contribution in [0.3, 0.4) is 0 Å². The maximum Gasteiger partial charge on any atom is 0.307 e. The van der Waals surface area contributed by atoms with Gasteiger partial charge in [0.1, 0.15) is 0 Å². The van der Waals surface area contributed by atoms with Gasteiger partial charge in [0, 0.05) is 10.8 Å². The molecule has 0 radical (unpaired) electrons. The van der Waals surface area contributed by atoms with Gasteiger partial charge in [0.15, 0.2) is 0 Å². The Kier molecular flexibility index (Phi) is 6.48. The van der Waals surface area contributed by atoms with Gasteiger partial charge in [-0.25, -0.2) is 0 Å². The molecule has 19 heavy (non-hydrogen) atoms. The van der Waals surface area contributed by atoms with Crippen LogP contribution in [0.15, 0.2) is 18.2 Å². The summed E-state index contributed by atoms with van der Waals surface area (Å²) in [4.78, 5) is 22.2. The van der Waals surface area contributed by atoms with Crippen molar-refractivity contribution in [1.29, 1.82) is 0 Å². The van der Waals surface area contributed by atoms with Crippen LogP contribution in [0.5, 0.6) is 0 Å². The molecule has 0 saturated carbocycles. The van der Waals surface area contributed by atoms with Crippen molar-refractivity contribution < 1.29 is 14.7 Å². The Bertz CT molecular complexity index is 482. The highest BCUT2D eigenvalue weighted by molar-refractivity contribution is 8.00. The Morgan fingerprint density at radius 3 is 2.74 bits per heavy atom. The van der Waals surface area contributed by atoms with E-state index in [-0.39, 0.29) is 11.7 Å². The summed E-state index contributed by atoms with van der Waals surface area (Å²) < 4.78 is 0. The predicted molar refractivity (Wildman–Crippen MR) is 79.2 cm³/mol. The lowest BCUT2D eigenvalue weighted by atomic mass is 10.2. The third-order valence-electron chi connectivity index (χ3n) is 2.23. The third kappa shape index (κ3) is 5.72. The van der Waals surface area contributed by atoms with Crippen LogP contribution in [0, 0.1) is 5.92 Å². The van der Waals surface area contributed by atoms with Gasteiger partial charge >= 0.3 is 5.97 Å². The normalized spacial score (nSPS) is 11.9. The van der Waals surface area contributed by atoms with Crippen molar-refractivity contribution in [2.45, 2.75) is 6.92 Å². The molecule has 0 aliphatic carbocycles. The van der Waals surface area contributed by atoms with Gasteiger partial charge in [-0.2, -0.15) is 11.8 Å². The molecule has 0 saturated heterocycles. The van der Waals surface area contributed by atoms with E-state index >= 15 is 0 Å². The summed E-state index contributed by atoms with van der Waals surface area (Å²) in [7, 11) is 0. The molecule has 0 aliphatic heterocycles. The molecule has 0 aliphatic rings. The predicted octanol–water partition coefficient (Wildman–Crippen LogP) is 3.39. The first kappa shape index (κ1) is 16.1. The number of carboxylic acids is 1. The topological polar surface area (TPSA) is 66.4 Å². The Morgan fingerprint density at radius 1 is 1.42 bits per heavy atom. The highest BCUT2D eigenvalue weighted by Crippen LogP contribution is 2.25. The molecule has 0 spiro atoms. The second-order valence-electron chi connectivity index (χ2n) is 3.93. The highest BCUT2D eigenvalue weighted by Gasteiger charge is 2.12. The monoisotopic (exact) mass is 321 g/mol. The summed E-state index contributed by atoms with van der Waals surface area (Å²) in [5.41, 5.74) is 0.450. The molecular formula is C12H13Cl2NO3S. The fourth-order valence-corrected chi connectivity index (χ4v) is 2.39. The molecule has 1 rings (SSSR count). The standard InChI is InChI=1S/C12H13Cl2NO3S/c1-7(12(17)18)5-19-6-11(16)15-10-4-8(13)2-3-9(10)14/h2-4,7H,5-6H2,1H3,(H,15,16)(H,17,18). The van der Waals surface area contributed by atoms with E-state index in [0.29, 0.717) is 21.5 Å². The zero-order chi connectivity index (χ0) is 14.4. The summed E-state index contributed by atoms with van der Waals surface area (Å²) in [6, 6.07) is 4.79. The van der Waals surface area contributed by atoms with Gasteiger partial charge in [-0.3, -0.25) is 9.59 Å². The van der Waals surface area contributed by atoms with Crippen molar-refractivity contribution in [3.63, 3.8) is 0 Å². The minimum Gasteiger partial charge on any atom is -0.481 e. The molecule has 1 amide bonds. The zero-order valence-electron chi connectivity index (χ0n) is 10.2. The summed E-state index contributed by atoms with van der Waals surface area (Å²) in [5, 5.41) is 12.2. The third-order valence-corrected chi connectivity index (χ3v) is 3.99. The van der Waals surface area contributed by atoms with Crippen LogP contribution >= 0.6 is 35.0 Å². The number of aliphatic carboxylic acids is 1. The second kappa shape index (κ2) is 7.62. The molecule has 1 unspecified atom stereocenters. The summed E-state index contributed by atoms with van der Waals surface area (Å²) in [5.74, 6) is -1.04. The Balaban J connectivity index is 2.43. The van der Waals surface area contributed by atoms with Crippen LogP contribution in [0.4, 0.5) is 5.69 Å². The van der Waals surface area contributed by atoms with E-state index in [1.165, 1.54) is 11.8 Å². The first-order chi connectivity index (χ1) is 8.90. The lowest BCUT2D eigenvalue weighted by Crippen LogP contribution is -2.17. The van der Waals surface area contributed by atoms with Gasteiger partial charge in [0.25, 0.3) is 0 Å². The number of halogens is 2. The molecule has 0 fully saturated rings. The minimum absolute atomic E-state index is 0.167. The molecule has 4 nitrogen and oxygen atoms in total. The molecule has 104 valence electrons. The first-order valence-electron chi connectivity index (χ1n) is 5.45. The van der Waals surface area contributed by atoms with E-state index in [9.17, 15) is 9.59 Å². The largest absolute Gasteiger partial charge is 0.481 e. The Morgan fingerprint density at radius 2 is 2.11 bits per heavy atom. The number of hydrogen-bond acceptors (Lipinski definition) is 3. The average Bonchev–Trinajstić information content (AvgIpc) is 2.33. The number of hydrogen-bond donors (Lipinski definition) is 2. The quantitative estimate of drug-likeness (QED) is 0.842. The average molecular weight is 322 g/mol. The van der Waals surface area contributed by atoms with Gasteiger partial charge in [-0.1, -0.05) is 30.1 Å². The van der Waals surface area contributed by atoms with Crippen molar-refractivity contribution in [3.05, 3.63) is 28.2 Å².